The van der Waals surface area contributed by atoms with Crippen LogP contribution in [0.1, 0.15) is 38.9 Å². The van der Waals surface area contributed by atoms with Gasteiger partial charge in [0.1, 0.15) is 11.4 Å². The van der Waals surface area contributed by atoms with Crippen LogP contribution in [0.5, 0.6) is 5.75 Å². The summed E-state index contributed by atoms with van der Waals surface area (Å²) in [6.07, 6.45) is 1.08. The van der Waals surface area contributed by atoms with Crippen LogP contribution >= 0.6 is 0 Å². The maximum absolute atomic E-state index is 10.1. The molecule has 2 bridgehead atoms. The quantitative estimate of drug-likeness (QED) is 0.862. The summed E-state index contributed by atoms with van der Waals surface area (Å²) in [5.74, 6) is 2.07. The highest BCUT2D eigenvalue weighted by Gasteiger charge is 2.64. The summed E-state index contributed by atoms with van der Waals surface area (Å²) in [7, 11) is 0. The third-order valence-electron chi connectivity index (χ3n) is 6.56. The molecule has 1 aromatic rings. The summed E-state index contributed by atoms with van der Waals surface area (Å²) >= 11 is 0. The molecule has 2 aliphatic heterocycles. The van der Waals surface area contributed by atoms with Gasteiger partial charge in [0.15, 0.2) is 0 Å². The third-order valence-corrected chi connectivity index (χ3v) is 6.56. The van der Waals surface area contributed by atoms with E-state index in [2.05, 4.69) is 39.0 Å². The average Bonchev–Trinajstić information content (AvgIpc) is 2.46. The van der Waals surface area contributed by atoms with E-state index in [1.54, 1.807) is 0 Å². The minimum Gasteiger partial charge on any atom is -0.487 e. The molecular weight excluding hydrogens is 264 g/mol. The molecular formula is C18H24O3. The van der Waals surface area contributed by atoms with Gasteiger partial charge in [-0.1, -0.05) is 32.0 Å². The Balaban J connectivity index is 1.87. The Hall–Kier alpha value is -1.06. The first-order valence-electron chi connectivity index (χ1n) is 8.02. The van der Waals surface area contributed by atoms with Crippen LogP contribution in [0.2, 0.25) is 0 Å². The molecule has 0 unspecified atom stereocenters. The van der Waals surface area contributed by atoms with E-state index in [4.69, 9.17) is 9.47 Å². The first kappa shape index (κ1) is 13.6. The molecule has 3 aliphatic rings. The molecule has 0 spiro atoms. The van der Waals surface area contributed by atoms with Crippen molar-refractivity contribution in [2.24, 2.45) is 23.2 Å². The van der Waals surface area contributed by atoms with Crippen molar-refractivity contribution in [3.05, 3.63) is 29.8 Å². The molecule has 3 heteroatoms. The van der Waals surface area contributed by atoms with Gasteiger partial charge in [-0.15, -0.1) is 0 Å². The topological polar surface area (TPSA) is 38.7 Å². The van der Waals surface area contributed by atoms with Crippen molar-refractivity contribution >= 4 is 0 Å². The van der Waals surface area contributed by atoms with Gasteiger partial charge < -0.3 is 14.6 Å². The van der Waals surface area contributed by atoms with E-state index >= 15 is 0 Å². The van der Waals surface area contributed by atoms with Crippen LogP contribution in [-0.4, -0.2) is 23.9 Å². The van der Waals surface area contributed by atoms with Gasteiger partial charge in [0.2, 0.25) is 0 Å². The molecule has 4 rings (SSSR count). The largest absolute Gasteiger partial charge is 0.487 e. The summed E-state index contributed by atoms with van der Waals surface area (Å²) in [5, 5.41) is 10.1. The first-order chi connectivity index (χ1) is 10.0. The van der Waals surface area contributed by atoms with E-state index in [0.29, 0.717) is 24.4 Å². The van der Waals surface area contributed by atoms with Crippen molar-refractivity contribution in [1.29, 1.82) is 0 Å². The average molecular weight is 288 g/mol. The van der Waals surface area contributed by atoms with Gasteiger partial charge in [0.25, 0.3) is 0 Å². The zero-order chi connectivity index (χ0) is 14.8. The molecule has 3 nitrogen and oxygen atoms in total. The highest BCUT2D eigenvalue weighted by atomic mass is 16.5. The zero-order valence-electron chi connectivity index (χ0n) is 13.0. The second-order valence-corrected chi connectivity index (χ2v) is 7.50. The van der Waals surface area contributed by atoms with Crippen molar-refractivity contribution in [3.8, 4) is 5.75 Å². The zero-order valence-corrected chi connectivity index (χ0v) is 13.0. The molecule has 2 heterocycles. The van der Waals surface area contributed by atoms with Gasteiger partial charge in [-0.3, -0.25) is 0 Å². The van der Waals surface area contributed by atoms with Crippen LogP contribution in [-0.2, 0) is 4.74 Å². The van der Waals surface area contributed by atoms with Gasteiger partial charge in [-0.25, -0.2) is 0 Å². The van der Waals surface area contributed by atoms with Gasteiger partial charge >= 0.3 is 0 Å². The van der Waals surface area contributed by atoms with Crippen LogP contribution in [0, 0.1) is 23.2 Å². The van der Waals surface area contributed by atoms with E-state index in [1.165, 1.54) is 5.56 Å². The van der Waals surface area contributed by atoms with Crippen molar-refractivity contribution in [2.75, 3.05) is 13.2 Å². The maximum Gasteiger partial charge on any atom is 0.125 e. The first-order valence-corrected chi connectivity index (χ1v) is 8.02. The highest BCUT2D eigenvalue weighted by molar-refractivity contribution is 5.40. The van der Waals surface area contributed by atoms with E-state index in [9.17, 15) is 5.11 Å². The highest BCUT2D eigenvalue weighted by Crippen LogP contribution is 2.63. The van der Waals surface area contributed by atoms with Gasteiger partial charge in [0, 0.05) is 16.9 Å². The third kappa shape index (κ3) is 1.56. The lowest BCUT2D eigenvalue weighted by Crippen LogP contribution is -2.65. The molecule has 2 fully saturated rings. The Kier molecular flexibility index (Phi) is 2.74. The Morgan fingerprint density at radius 3 is 2.81 bits per heavy atom. The molecule has 0 radical (unpaired) electrons. The van der Waals surface area contributed by atoms with Crippen molar-refractivity contribution in [3.63, 3.8) is 0 Å². The number of ether oxygens (including phenoxy) is 2. The SMILES string of the molecule is C[C@@H]1C[C@]2(C)Oc3ccccc3[C@H]3OC[C@]1(CO)[C@@H](C)[C@H]32. The van der Waals surface area contributed by atoms with Crippen molar-refractivity contribution < 1.29 is 14.6 Å². The second kappa shape index (κ2) is 4.23. The van der Waals surface area contributed by atoms with Crippen LogP contribution in [0.4, 0.5) is 0 Å². The number of rotatable bonds is 1. The fourth-order valence-corrected chi connectivity index (χ4v) is 5.29. The second-order valence-electron chi connectivity index (χ2n) is 7.50. The molecule has 6 atom stereocenters. The number of hydrogen-bond donors (Lipinski definition) is 1. The molecule has 1 N–H and O–H groups in total. The van der Waals surface area contributed by atoms with Gasteiger partial charge in [-0.2, -0.15) is 0 Å². The summed E-state index contributed by atoms with van der Waals surface area (Å²) in [5.41, 5.74) is 0.862. The normalized spacial score (nSPS) is 47.4. The Labute approximate surface area is 126 Å². The monoisotopic (exact) mass is 288 g/mol. The Bertz CT molecular complexity index is 571. The number of aliphatic hydroxyl groups excluding tert-OH is 1. The standard InChI is InChI=1S/C18H24O3/c1-11-8-17(3)15-12(2)18(11,9-19)10-20-16(15)13-6-4-5-7-14(13)21-17/h4-7,11-12,15-16,19H,8-10H2,1-3H3/t11-,12+,15-,16-,17+,18+/m1/s1. The minimum absolute atomic E-state index is 0.0992. The molecule has 0 aromatic heterocycles. The fraction of sp³-hybridized carbons (Fsp3) is 0.667. The van der Waals surface area contributed by atoms with Crippen LogP contribution < -0.4 is 4.74 Å². The number of hydrogen-bond acceptors (Lipinski definition) is 3. The van der Waals surface area contributed by atoms with Crippen LogP contribution in [0.15, 0.2) is 24.3 Å². The predicted octanol–water partition coefficient (Wildman–Crippen LogP) is 3.18. The summed E-state index contributed by atoms with van der Waals surface area (Å²) in [6, 6.07) is 8.26. The summed E-state index contributed by atoms with van der Waals surface area (Å²) in [4.78, 5) is 0. The van der Waals surface area contributed by atoms with Crippen LogP contribution in [0.25, 0.3) is 0 Å². The lowest BCUT2D eigenvalue weighted by Gasteiger charge is -2.63. The van der Waals surface area contributed by atoms with Crippen LogP contribution in [0.3, 0.4) is 0 Å². The maximum atomic E-state index is 10.1. The van der Waals surface area contributed by atoms with Gasteiger partial charge in [-0.05, 0) is 31.2 Å². The molecule has 0 amide bonds. The van der Waals surface area contributed by atoms with E-state index in [1.807, 2.05) is 6.07 Å². The summed E-state index contributed by atoms with van der Waals surface area (Å²) < 4.78 is 12.7. The van der Waals surface area contributed by atoms with E-state index < -0.39 is 0 Å². The Morgan fingerprint density at radius 1 is 1.29 bits per heavy atom. The number of para-hydroxylation sites is 1. The van der Waals surface area contributed by atoms with Crippen molar-refractivity contribution in [2.45, 2.75) is 38.9 Å². The molecule has 1 aromatic carbocycles. The summed E-state index contributed by atoms with van der Waals surface area (Å²) in [6.45, 7) is 7.60. The van der Waals surface area contributed by atoms with Gasteiger partial charge in [0.05, 0.1) is 19.3 Å². The lowest BCUT2D eigenvalue weighted by atomic mass is 9.50. The van der Waals surface area contributed by atoms with E-state index in [-0.39, 0.29) is 23.7 Å². The molecule has 114 valence electrons. The minimum atomic E-state index is -0.197. The Morgan fingerprint density at radius 2 is 2.05 bits per heavy atom. The van der Waals surface area contributed by atoms with Crippen molar-refractivity contribution in [1.82, 2.24) is 0 Å². The number of aliphatic hydroxyl groups is 1. The predicted molar refractivity (Wildman–Crippen MR) is 80.1 cm³/mol. The number of benzene rings is 1. The molecule has 1 aliphatic carbocycles. The fourth-order valence-electron chi connectivity index (χ4n) is 5.29. The molecule has 1 saturated carbocycles. The lowest BCUT2D eigenvalue weighted by molar-refractivity contribution is -0.260. The number of fused-ring (bicyclic) bond motifs is 3. The van der Waals surface area contributed by atoms with E-state index in [0.717, 1.165) is 12.2 Å². The smallest absolute Gasteiger partial charge is 0.125 e. The molecule has 21 heavy (non-hydrogen) atoms. The molecule has 1 saturated heterocycles.